The summed E-state index contributed by atoms with van der Waals surface area (Å²) in [5, 5.41) is 14.7. The third-order valence-corrected chi connectivity index (χ3v) is 4.74. The lowest BCUT2D eigenvalue weighted by atomic mass is 9.84. The van der Waals surface area contributed by atoms with Crippen molar-refractivity contribution < 1.29 is 14.6 Å². The molecule has 3 N–H and O–H groups in total. The monoisotopic (exact) mass is 347 g/mol. The molecule has 2 aromatic rings. The highest BCUT2D eigenvalue weighted by molar-refractivity contribution is 5.79. The second kappa shape index (κ2) is 8.97. The number of nitrogens with zero attached hydrogens (tertiary/aromatic N) is 2. The van der Waals surface area contributed by atoms with Crippen molar-refractivity contribution in [2.45, 2.75) is 45.7 Å². The molecule has 0 bridgehead atoms. The summed E-state index contributed by atoms with van der Waals surface area (Å²) >= 11 is 0. The highest BCUT2D eigenvalue weighted by Gasteiger charge is 2.22. The molecular weight excluding hydrogens is 318 g/mol. The van der Waals surface area contributed by atoms with Crippen molar-refractivity contribution in [1.29, 1.82) is 0 Å². The second-order valence-electron chi connectivity index (χ2n) is 7.00. The molecule has 1 heterocycles. The molecule has 0 aliphatic carbocycles. The van der Waals surface area contributed by atoms with Crippen LogP contribution in [0.25, 0.3) is 10.9 Å². The van der Waals surface area contributed by atoms with E-state index in [2.05, 4.69) is 37.1 Å². The van der Waals surface area contributed by atoms with Gasteiger partial charge in [-0.1, -0.05) is 26.0 Å². The first-order valence-electron chi connectivity index (χ1n) is 8.84. The molecule has 0 amide bonds. The SMILES string of the molecule is COCCCn1ncc2ccc(CC(CC(N)C(=O)O)C(C)C)cc21. The Labute approximate surface area is 149 Å². The Morgan fingerprint density at radius 2 is 2.16 bits per heavy atom. The predicted octanol–water partition coefficient (Wildman–Crippen LogP) is 2.69. The maximum Gasteiger partial charge on any atom is 0.320 e. The van der Waals surface area contributed by atoms with Gasteiger partial charge in [-0.05, 0) is 42.7 Å². The molecule has 6 nitrogen and oxygen atoms in total. The number of nitrogens with two attached hydrogens (primary N) is 1. The minimum Gasteiger partial charge on any atom is -0.480 e. The lowest BCUT2D eigenvalue weighted by Crippen LogP contribution is -2.34. The van der Waals surface area contributed by atoms with E-state index in [-0.39, 0.29) is 5.92 Å². The van der Waals surface area contributed by atoms with Crippen molar-refractivity contribution in [2.24, 2.45) is 17.6 Å². The van der Waals surface area contributed by atoms with E-state index >= 15 is 0 Å². The molecule has 6 heteroatoms. The van der Waals surface area contributed by atoms with Gasteiger partial charge in [0.05, 0.1) is 11.7 Å². The van der Waals surface area contributed by atoms with E-state index in [1.807, 2.05) is 10.9 Å². The van der Waals surface area contributed by atoms with Crippen LogP contribution in [0.1, 0.15) is 32.3 Å². The van der Waals surface area contributed by atoms with Crippen molar-refractivity contribution in [2.75, 3.05) is 13.7 Å². The van der Waals surface area contributed by atoms with Crippen molar-refractivity contribution in [1.82, 2.24) is 9.78 Å². The largest absolute Gasteiger partial charge is 0.480 e. The Morgan fingerprint density at radius 3 is 2.80 bits per heavy atom. The number of carboxylic acids is 1. The van der Waals surface area contributed by atoms with Gasteiger partial charge < -0.3 is 15.6 Å². The highest BCUT2D eigenvalue weighted by Crippen LogP contribution is 2.24. The Morgan fingerprint density at radius 1 is 1.40 bits per heavy atom. The standard InChI is InChI=1S/C19H29N3O3/c1-13(2)16(11-17(20)19(23)24)9-14-5-6-15-12-21-22(18(15)10-14)7-4-8-25-3/h5-6,10,12-13,16-17H,4,7-9,11,20H2,1-3H3,(H,23,24). The van der Waals surface area contributed by atoms with Crippen LogP contribution in [0.4, 0.5) is 0 Å². The third-order valence-electron chi connectivity index (χ3n) is 4.74. The van der Waals surface area contributed by atoms with E-state index in [1.54, 1.807) is 7.11 Å². The van der Waals surface area contributed by atoms with Gasteiger partial charge in [-0.2, -0.15) is 5.10 Å². The summed E-state index contributed by atoms with van der Waals surface area (Å²) in [6.07, 6.45) is 4.10. The molecule has 0 fully saturated rings. The van der Waals surface area contributed by atoms with Gasteiger partial charge in [0.15, 0.2) is 0 Å². The van der Waals surface area contributed by atoms with Crippen LogP contribution >= 0.6 is 0 Å². The normalized spacial score (nSPS) is 14.1. The van der Waals surface area contributed by atoms with Crippen LogP contribution in [0.2, 0.25) is 0 Å². The van der Waals surface area contributed by atoms with Crippen LogP contribution in [0.3, 0.4) is 0 Å². The summed E-state index contributed by atoms with van der Waals surface area (Å²) in [6, 6.07) is 5.54. The zero-order valence-electron chi connectivity index (χ0n) is 15.3. The fourth-order valence-corrected chi connectivity index (χ4v) is 3.10. The van der Waals surface area contributed by atoms with Crippen LogP contribution in [0, 0.1) is 11.8 Å². The fourth-order valence-electron chi connectivity index (χ4n) is 3.10. The molecule has 0 radical (unpaired) electrons. The van der Waals surface area contributed by atoms with Gasteiger partial charge in [-0.3, -0.25) is 9.48 Å². The van der Waals surface area contributed by atoms with Crippen molar-refractivity contribution in [3.63, 3.8) is 0 Å². The molecule has 2 atom stereocenters. The van der Waals surface area contributed by atoms with E-state index in [4.69, 9.17) is 15.6 Å². The summed E-state index contributed by atoms with van der Waals surface area (Å²) in [7, 11) is 1.70. The van der Waals surface area contributed by atoms with E-state index in [0.717, 1.165) is 30.3 Å². The van der Waals surface area contributed by atoms with Gasteiger partial charge >= 0.3 is 5.97 Å². The minimum atomic E-state index is -0.933. The quantitative estimate of drug-likeness (QED) is 0.645. The fraction of sp³-hybridized carbons (Fsp3) is 0.579. The first kappa shape index (κ1) is 19.4. The summed E-state index contributed by atoms with van der Waals surface area (Å²) < 4.78 is 7.12. The number of aromatic nitrogens is 2. The van der Waals surface area contributed by atoms with E-state index < -0.39 is 12.0 Å². The predicted molar refractivity (Wildman–Crippen MR) is 98.5 cm³/mol. The molecule has 2 rings (SSSR count). The molecule has 0 spiro atoms. The number of hydrogen-bond donors (Lipinski definition) is 2. The molecule has 0 aliphatic rings. The van der Waals surface area contributed by atoms with E-state index in [9.17, 15) is 4.79 Å². The van der Waals surface area contributed by atoms with Gasteiger partial charge in [-0.15, -0.1) is 0 Å². The molecule has 0 aliphatic heterocycles. The minimum absolute atomic E-state index is 0.230. The number of carbonyl (C=O) groups is 1. The van der Waals surface area contributed by atoms with Crippen LogP contribution in [-0.4, -0.2) is 40.6 Å². The molecule has 2 unspecified atom stereocenters. The number of methoxy groups -OCH3 is 1. The number of benzene rings is 1. The van der Waals surface area contributed by atoms with Gasteiger partial charge in [0.1, 0.15) is 6.04 Å². The van der Waals surface area contributed by atoms with E-state index in [1.165, 1.54) is 5.56 Å². The first-order valence-corrected chi connectivity index (χ1v) is 8.84. The van der Waals surface area contributed by atoms with Crippen LogP contribution < -0.4 is 5.73 Å². The first-order chi connectivity index (χ1) is 11.9. The van der Waals surface area contributed by atoms with Crippen molar-refractivity contribution in [3.05, 3.63) is 30.0 Å². The smallest absolute Gasteiger partial charge is 0.320 e. The number of fused-ring (bicyclic) bond motifs is 1. The average molecular weight is 347 g/mol. The second-order valence-corrected chi connectivity index (χ2v) is 7.00. The third kappa shape index (κ3) is 5.28. The number of ether oxygens (including phenoxy) is 1. The lowest BCUT2D eigenvalue weighted by molar-refractivity contribution is -0.139. The van der Waals surface area contributed by atoms with Crippen LogP contribution in [0.5, 0.6) is 0 Å². The van der Waals surface area contributed by atoms with Crippen molar-refractivity contribution in [3.8, 4) is 0 Å². The number of rotatable bonds is 10. The molecule has 1 aromatic carbocycles. The highest BCUT2D eigenvalue weighted by atomic mass is 16.5. The number of aliphatic carboxylic acids is 1. The lowest BCUT2D eigenvalue weighted by Gasteiger charge is -2.23. The Bertz CT molecular complexity index is 696. The maximum absolute atomic E-state index is 11.1. The van der Waals surface area contributed by atoms with Crippen molar-refractivity contribution >= 4 is 16.9 Å². The Hall–Kier alpha value is -1.92. The molecule has 0 saturated heterocycles. The number of aryl methyl sites for hydroxylation is 1. The number of hydrogen-bond acceptors (Lipinski definition) is 4. The summed E-state index contributed by atoms with van der Waals surface area (Å²) in [4.78, 5) is 11.1. The summed E-state index contributed by atoms with van der Waals surface area (Å²) in [5.41, 5.74) is 8.05. The maximum atomic E-state index is 11.1. The van der Waals surface area contributed by atoms with Crippen LogP contribution in [-0.2, 0) is 22.5 Å². The topological polar surface area (TPSA) is 90.4 Å². The molecule has 138 valence electrons. The molecule has 25 heavy (non-hydrogen) atoms. The van der Waals surface area contributed by atoms with Gasteiger partial charge in [0, 0.05) is 25.6 Å². The number of carboxylic acid groups (broad SMARTS) is 1. The Kier molecular flexibility index (Phi) is 6.96. The summed E-state index contributed by atoms with van der Waals surface area (Å²) in [6.45, 7) is 5.77. The van der Waals surface area contributed by atoms with Gasteiger partial charge in [0.2, 0.25) is 0 Å². The van der Waals surface area contributed by atoms with Gasteiger partial charge in [0.25, 0.3) is 0 Å². The zero-order chi connectivity index (χ0) is 18.4. The Balaban J connectivity index is 2.15. The average Bonchev–Trinajstić information content (AvgIpc) is 2.96. The molecular formula is C19H29N3O3. The van der Waals surface area contributed by atoms with Crippen LogP contribution in [0.15, 0.2) is 24.4 Å². The molecule has 0 saturated carbocycles. The summed E-state index contributed by atoms with van der Waals surface area (Å²) in [5.74, 6) is -0.335. The zero-order valence-corrected chi connectivity index (χ0v) is 15.3. The van der Waals surface area contributed by atoms with Gasteiger partial charge in [-0.25, -0.2) is 0 Å². The van der Waals surface area contributed by atoms with E-state index in [0.29, 0.717) is 18.9 Å². The molecule has 1 aromatic heterocycles.